The molecule has 4 heteroatoms. The molecule has 0 aliphatic heterocycles. The Kier molecular flexibility index (Phi) is 5.93. The van der Waals surface area contributed by atoms with Gasteiger partial charge in [-0.25, -0.2) is 0 Å². The summed E-state index contributed by atoms with van der Waals surface area (Å²) in [5, 5.41) is 2.80. The van der Waals surface area contributed by atoms with Gasteiger partial charge in [0.2, 0.25) is 5.91 Å². The lowest BCUT2D eigenvalue weighted by atomic mass is 10.3. The third-order valence-electron chi connectivity index (χ3n) is 2.23. The number of hydrogen-bond donors (Lipinski definition) is 1. The van der Waals surface area contributed by atoms with E-state index in [1.165, 1.54) is 0 Å². The largest absolute Gasteiger partial charge is 0.497 e. The highest BCUT2D eigenvalue weighted by Gasteiger charge is 2.00. The Morgan fingerprint density at radius 1 is 1.24 bits per heavy atom. The molecule has 17 heavy (non-hydrogen) atoms. The summed E-state index contributed by atoms with van der Waals surface area (Å²) >= 11 is 0. The molecule has 1 amide bonds. The number of nitrogens with one attached hydrogen (secondary N) is 1. The van der Waals surface area contributed by atoms with Crippen molar-refractivity contribution in [2.45, 2.75) is 19.8 Å². The van der Waals surface area contributed by atoms with E-state index < -0.39 is 0 Å². The highest BCUT2D eigenvalue weighted by Crippen LogP contribution is 2.16. The Bertz CT molecular complexity index is 335. The van der Waals surface area contributed by atoms with Crippen molar-refractivity contribution in [1.82, 2.24) is 5.32 Å². The van der Waals surface area contributed by atoms with Gasteiger partial charge < -0.3 is 14.8 Å². The summed E-state index contributed by atoms with van der Waals surface area (Å²) in [5.41, 5.74) is 0. The van der Waals surface area contributed by atoms with Crippen LogP contribution >= 0.6 is 0 Å². The Balaban J connectivity index is 2.23. The number of carbonyl (C=O) groups is 1. The highest BCUT2D eigenvalue weighted by molar-refractivity contribution is 5.75. The van der Waals surface area contributed by atoms with Gasteiger partial charge in [-0.2, -0.15) is 0 Å². The summed E-state index contributed by atoms with van der Waals surface area (Å²) in [7, 11) is 1.62. The highest BCUT2D eigenvalue weighted by atomic mass is 16.5. The van der Waals surface area contributed by atoms with Crippen LogP contribution in [0.25, 0.3) is 0 Å². The van der Waals surface area contributed by atoms with Gasteiger partial charge in [0.25, 0.3) is 0 Å². The number of amides is 1. The summed E-state index contributed by atoms with van der Waals surface area (Å²) in [6, 6.07) is 7.30. The van der Waals surface area contributed by atoms with Crippen molar-refractivity contribution in [3.05, 3.63) is 24.3 Å². The SMILES string of the molecule is CCCNC(=O)CCOc1ccc(OC)cc1. The van der Waals surface area contributed by atoms with Crippen molar-refractivity contribution in [2.24, 2.45) is 0 Å². The van der Waals surface area contributed by atoms with Crippen LogP contribution in [0.2, 0.25) is 0 Å². The molecule has 0 aliphatic rings. The Hall–Kier alpha value is -1.71. The van der Waals surface area contributed by atoms with E-state index in [0.29, 0.717) is 13.0 Å². The van der Waals surface area contributed by atoms with E-state index in [2.05, 4.69) is 5.32 Å². The predicted molar refractivity (Wildman–Crippen MR) is 66.4 cm³/mol. The lowest BCUT2D eigenvalue weighted by molar-refractivity contribution is -0.121. The van der Waals surface area contributed by atoms with Crippen molar-refractivity contribution in [1.29, 1.82) is 0 Å². The summed E-state index contributed by atoms with van der Waals surface area (Å²) < 4.78 is 10.5. The van der Waals surface area contributed by atoms with E-state index in [0.717, 1.165) is 24.5 Å². The molecule has 1 aromatic rings. The van der Waals surface area contributed by atoms with Gasteiger partial charge in [0, 0.05) is 6.54 Å². The second-order valence-corrected chi connectivity index (χ2v) is 3.62. The maximum atomic E-state index is 11.3. The number of ether oxygens (including phenoxy) is 2. The van der Waals surface area contributed by atoms with E-state index >= 15 is 0 Å². The zero-order chi connectivity index (χ0) is 12.5. The minimum atomic E-state index is 0.0281. The van der Waals surface area contributed by atoms with Crippen LogP contribution in [0.15, 0.2) is 24.3 Å². The fourth-order valence-electron chi connectivity index (χ4n) is 1.29. The standard InChI is InChI=1S/C13H19NO3/c1-3-9-14-13(15)8-10-17-12-6-4-11(16-2)5-7-12/h4-7H,3,8-10H2,1-2H3,(H,14,15). The molecule has 0 spiro atoms. The van der Waals surface area contributed by atoms with Crippen molar-refractivity contribution in [2.75, 3.05) is 20.3 Å². The summed E-state index contributed by atoms with van der Waals surface area (Å²) in [6.45, 7) is 3.14. The van der Waals surface area contributed by atoms with Gasteiger partial charge in [-0.05, 0) is 30.7 Å². The molecule has 0 unspecified atom stereocenters. The molecule has 4 nitrogen and oxygen atoms in total. The molecule has 0 heterocycles. The van der Waals surface area contributed by atoms with Crippen LogP contribution in [0.4, 0.5) is 0 Å². The molecule has 0 atom stereocenters. The van der Waals surface area contributed by atoms with Gasteiger partial charge in [0.1, 0.15) is 11.5 Å². The fraction of sp³-hybridized carbons (Fsp3) is 0.462. The van der Waals surface area contributed by atoms with E-state index in [-0.39, 0.29) is 5.91 Å². The van der Waals surface area contributed by atoms with Gasteiger partial charge in [0.15, 0.2) is 0 Å². The number of methoxy groups -OCH3 is 1. The second-order valence-electron chi connectivity index (χ2n) is 3.62. The predicted octanol–water partition coefficient (Wildman–Crippen LogP) is 1.99. The summed E-state index contributed by atoms with van der Waals surface area (Å²) in [4.78, 5) is 11.3. The first kappa shape index (κ1) is 13.4. The average molecular weight is 237 g/mol. The first-order valence-electron chi connectivity index (χ1n) is 5.79. The summed E-state index contributed by atoms with van der Waals surface area (Å²) in [5.74, 6) is 1.56. The van der Waals surface area contributed by atoms with E-state index in [4.69, 9.17) is 9.47 Å². The van der Waals surface area contributed by atoms with Crippen molar-refractivity contribution in [3.8, 4) is 11.5 Å². The molecule has 1 rings (SSSR count). The zero-order valence-electron chi connectivity index (χ0n) is 10.4. The van der Waals surface area contributed by atoms with Crippen molar-refractivity contribution in [3.63, 3.8) is 0 Å². The molecule has 0 aromatic heterocycles. The third kappa shape index (κ3) is 5.24. The lowest BCUT2D eigenvalue weighted by Gasteiger charge is -2.07. The number of rotatable bonds is 7. The van der Waals surface area contributed by atoms with Crippen LogP contribution < -0.4 is 14.8 Å². The average Bonchev–Trinajstić information content (AvgIpc) is 2.37. The van der Waals surface area contributed by atoms with Crippen molar-refractivity contribution < 1.29 is 14.3 Å². The van der Waals surface area contributed by atoms with Gasteiger partial charge in [-0.15, -0.1) is 0 Å². The number of hydrogen-bond acceptors (Lipinski definition) is 3. The Morgan fingerprint density at radius 3 is 2.47 bits per heavy atom. The molecule has 1 aromatic carbocycles. The molecule has 0 aliphatic carbocycles. The van der Waals surface area contributed by atoms with Crippen LogP contribution in [-0.4, -0.2) is 26.2 Å². The maximum absolute atomic E-state index is 11.3. The number of carbonyl (C=O) groups excluding carboxylic acids is 1. The smallest absolute Gasteiger partial charge is 0.223 e. The third-order valence-corrected chi connectivity index (χ3v) is 2.23. The normalized spacial score (nSPS) is 9.76. The molecule has 0 radical (unpaired) electrons. The first-order chi connectivity index (χ1) is 8.26. The van der Waals surface area contributed by atoms with Crippen LogP contribution in [0.1, 0.15) is 19.8 Å². The van der Waals surface area contributed by atoms with Gasteiger partial charge in [-0.3, -0.25) is 4.79 Å². The molecule has 0 bridgehead atoms. The Labute approximate surface area is 102 Å². The molecule has 0 saturated carbocycles. The van der Waals surface area contributed by atoms with Gasteiger partial charge in [-0.1, -0.05) is 6.92 Å². The maximum Gasteiger partial charge on any atom is 0.223 e. The zero-order valence-corrected chi connectivity index (χ0v) is 10.4. The molecular formula is C13H19NO3. The van der Waals surface area contributed by atoms with E-state index in [1.54, 1.807) is 7.11 Å². The minimum Gasteiger partial charge on any atom is -0.497 e. The van der Waals surface area contributed by atoms with Crippen LogP contribution in [0.5, 0.6) is 11.5 Å². The Morgan fingerprint density at radius 2 is 1.88 bits per heavy atom. The molecule has 94 valence electrons. The monoisotopic (exact) mass is 237 g/mol. The molecule has 0 fully saturated rings. The van der Waals surface area contributed by atoms with Crippen LogP contribution in [-0.2, 0) is 4.79 Å². The quantitative estimate of drug-likeness (QED) is 0.789. The van der Waals surface area contributed by atoms with Crippen LogP contribution in [0, 0.1) is 0 Å². The van der Waals surface area contributed by atoms with Gasteiger partial charge in [0.05, 0.1) is 20.1 Å². The fourth-order valence-corrected chi connectivity index (χ4v) is 1.29. The van der Waals surface area contributed by atoms with Crippen molar-refractivity contribution >= 4 is 5.91 Å². The van der Waals surface area contributed by atoms with Gasteiger partial charge >= 0.3 is 0 Å². The first-order valence-corrected chi connectivity index (χ1v) is 5.79. The topological polar surface area (TPSA) is 47.6 Å². The molecule has 1 N–H and O–H groups in total. The summed E-state index contributed by atoms with van der Waals surface area (Å²) in [6.07, 6.45) is 1.33. The lowest BCUT2D eigenvalue weighted by Crippen LogP contribution is -2.25. The van der Waals surface area contributed by atoms with E-state index in [1.807, 2.05) is 31.2 Å². The van der Waals surface area contributed by atoms with E-state index in [9.17, 15) is 4.79 Å². The number of benzene rings is 1. The second kappa shape index (κ2) is 7.54. The minimum absolute atomic E-state index is 0.0281. The molecular weight excluding hydrogens is 218 g/mol. The molecule has 0 saturated heterocycles. The van der Waals surface area contributed by atoms with Crippen LogP contribution in [0.3, 0.4) is 0 Å².